The van der Waals surface area contributed by atoms with E-state index in [2.05, 4.69) is 15.9 Å². The topological polar surface area (TPSA) is 13.1 Å². The Bertz CT molecular complexity index is 462. The molecular weight excluding hydrogens is 263 g/mol. The van der Waals surface area contributed by atoms with Gasteiger partial charge in [-0.15, -0.1) is 0 Å². The van der Waals surface area contributed by atoms with Crippen LogP contribution in [-0.2, 0) is 0 Å². The van der Waals surface area contributed by atoms with Crippen molar-refractivity contribution in [3.05, 3.63) is 45.6 Å². The van der Waals surface area contributed by atoms with Gasteiger partial charge in [-0.05, 0) is 19.1 Å². The van der Waals surface area contributed by atoms with E-state index < -0.39 is 0 Å². The molecule has 0 N–H and O–H groups in total. The minimum Gasteiger partial charge on any atom is -0.462 e. The molecule has 3 heteroatoms. The fraction of sp³-hybridized carbons (Fsp3) is 0.0909. The second kappa shape index (κ2) is 3.79. The molecule has 1 heterocycles. The van der Waals surface area contributed by atoms with Gasteiger partial charge in [0.25, 0.3) is 0 Å². The summed E-state index contributed by atoms with van der Waals surface area (Å²) in [7, 11) is 0. The van der Waals surface area contributed by atoms with Crippen LogP contribution in [0.5, 0.6) is 0 Å². The third-order valence-electron chi connectivity index (χ3n) is 1.99. The van der Waals surface area contributed by atoms with Gasteiger partial charge in [0, 0.05) is 15.6 Å². The molecule has 1 aromatic carbocycles. The van der Waals surface area contributed by atoms with Crippen molar-refractivity contribution in [2.75, 3.05) is 0 Å². The maximum Gasteiger partial charge on any atom is 0.152 e. The number of furan rings is 1. The van der Waals surface area contributed by atoms with Crippen molar-refractivity contribution in [2.45, 2.75) is 6.92 Å². The molecule has 2 rings (SSSR count). The molecule has 0 unspecified atom stereocenters. The molecule has 0 aliphatic rings. The Morgan fingerprint density at radius 1 is 1.36 bits per heavy atom. The molecule has 14 heavy (non-hydrogen) atoms. The lowest BCUT2D eigenvalue weighted by Crippen LogP contribution is -1.75. The number of rotatable bonds is 1. The largest absolute Gasteiger partial charge is 0.462 e. The van der Waals surface area contributed by atoms with Crippen molar-refractivity contribution in [3.63, 3.8) is 0 Å². The van der Waals surface area contributed by atoms with Gasteiger partial charge in [-0.2, -0.15) is 0 Å². The Morgan fingerprint density at radius 3 is 2.71 bits per heavy atom. The molecule has 0 saturated carbocycles. The van der Waals surface area contributed by atoms with Gasteiger partial charge in [-0.1, -0.05) is 39.7 Å². The fourth-order valence-corrected chi connectivity index (χ4v) is 1.85. The van der Waals surface area contributed by atoms with Crippen LogP contribution >= 0.6 is 27.5 Å². The lowest BCUT2D eigenvalue weighted by atomic mass is 10.1. The van der Waals surface area contributed by atoms with Crippen LogP contribution in [0, 0.1) is 6.92 Å². The average molecular weight is 272 g/mol. The minimum absolute atomic E-state index is 0.683. The van der Waals surface area contributed by atoms with Gasteiger partial charge in [-0.3, -0.25) is 0 Å². The Kier molecular flexibility index (Phi) is 2.66. The standard InChI is InChI=1S/C11H8BrClO/c1-7-6-14-11(10(7)13)8-3-2-4-9(12)5-8/h2-6H,1H3. The van der Waals surface area contributed by atoms with E-state index in [-0.39, 0.29) is 0 Å². The van der Waals surface area contributed by atoms with Gasteiger partial charge in [0.15, 0.2) is 5.76 Å². The Morgan fingerprint density at radius 2 is 2.14 bits per heavy atom. The van der Waals surface area contributed by atoms with Crippen molar-refractivity contribution in [1.29, 1.82) is 0 Å². The van der Waals surface area contributed by atoms with Gasteiger partial charge in [0.2, 0.25) is 0 Å². The molecule has 2 aromatic rings. The summed E-state index contributed by atoms with van der Waals surface area (Å²) < 4.78 is 6.40. The van der Waals surface area contributed by atoms with Crippen LogP contribution in [0.15, 0.2) is 39.4 Å². The first kappa shape index (κ1) is 9.81. The van der Waals surface area contributed by atoms with E-state index >= 15 is 0 Å². The molecule has 0 spiro atoms. The molecule has 0 fully saturated rings. The third kappa shape index (κ3) is 1.72. The number of aryl methyl sites for hydroxylation is 1. The summed E-state index contributed by atoms with van der Waals surface area (Å²) in [4.78, 5) is 0. The minimum atomic E-state index is 0.683. The van der Waals surface area contributed by atoms with Crippen molar-refractivity contribution in [1.82, 2.24) is 0 Å². The van der Waals surface area contributed by atoms with Gasteiger partial charge < -0.3 is 4.42 Å². The SMILES string of the molecule is Cc1coc(-c2cccc(Br)c2)c1Cl. The van der Waals surface area contributed by atoms with Gasteiger partial charge in [0.1, 0.15) is 0 Å². The van der Waals surface area contributed by atoms with Gasteiger partial charge in [-0.25, -0.2) is 0 Å². The quantitative estimate of drug-likeness (QED) is 0.734. The highest BCUT2D eigenvalue weighted by Crippen LogP contribution is 2.33. The van der Waals surface area contributed by atoms with E-state index in [1.165, 1.54) is 0 Å². The van der Waals surface area contributed by atoms with Crippen molar-refractivity contribution in [2.24, 2.45) is 0 Å². The van der Waals surface area contributed by atoms with E-state index in [9.17, 15) is 0 Å². The van der Waals surface area contributed by atoms with Gasteiger partial charge in [0.05, 0.1) is 11.3 Å². The predicted molar refractivity (Wildman–Crippen MR) is 61.6 cm³/mol. The first-order chi connectivity index (χ1) is 6.68. The van der Waals surface area contributed by atoms with Crippen LogP contribution in [0.25, 0.3) is 11.3 Å². The number of hydrogen-bond donors (Lipinski definition) is 0. The summed E-state index contributed by atoms with van der Waals surface area (Å²) in [5.41, 5.74) is 1.94. The highest BCUT2D eigenvalue weighted by molar-refractivity contribution is 9.10. The Labute approximate surface area is 95.8 Å². The van der Waals surface area contributed by atoms with Crippen LogP contribution in [0.2, 0.25) is 5.02 Å². The Hall–Kier alpha value is -0.730. The molecule has 1 nitrogen and oxygen atoms in total. The molecule has 0 bridgehead atoms. The molecule has 0 amide bonds. The van der Waals surface area contributed by atoms with Crippen molar-refractivity contribution in [3.8, 4) is 11.3 Å². The molecule has 0 atom stereocenters. The summed E-state index contributed by atoms with van der Waals surface area (Å²) in [6.45, 7) is 1.92. The summed E-state index contributed by atoms with van der Waals surface area (Å²) in [5, 5.41) is 0.683. The van der Waals surface area contributed by atoms with Gasteiger partial charge >= 0.3 is 0 Å². The third-order valence-corrected chi connectivity index (χ3v) is 2.95. The monoisotopic (exact) mass is 270 g/mol. The fourth-order valence-electron chi connectivity index (χ4n) is 1.25. The molecular formula is C11H8BrClO. The zero-order chi connectivity index (χ0) is 10.1. The molecule has 72 valence electrons. The summed E-state index contributed by atoms with van der Waals surface area (Å²) in [6.07, 6.45) is 1.67. The van der Waals surface area contributed by atoms with E-state index in [1.807, 2.05) is 31.2 Å². The molecule has 0 saturated heterocycles. The van der Waals surface area contributed by atoms with Crippen molar-refractivity contribution < 1.29 is 4.42 Å². The van der Waals surface area contributed by atoms with Crippen LogP contribution in [-0.4, -0.2) is 0 Å². The second-order valence-corrected chi connectivity index (χ2v) is 4.37. The summed E-state index contributed by atoms with van der Waals surface area (Å²) in [5.74, 6) is 0.727. The van der Waals surface area contributed by atoms with E-state index in [4.69, 9.17) is 16.0 Å². The number of hydrogen-bond acceptors (Lipinski definition) is 1. The molecule has 0 aliphatic carbocycles. The zero-order valence-electron chi connectivity index (χ0n) is 7.55. The van der Waals surface area contributed by atoms with Crippen LogP contribution < -0.4 is 0 Å². The number of benzene rings is 1. The first-order valence-electron chi connectivity index (χ1n) is 4.18. The molecule has 0 radical (unpaired) electrons. The summed E-state index contributed by atoms with van der Waals surface area (Å²) >= 11 is 9.49. The highest BCUT2D eigenvalue weighted by Gasteiger charge is 2.10. The molecule has 0 aliphatic heterocycles. The predicted octanol–water partition coefficient (Wildman–Crippen LogP) is 4.67. The van der Waals surface area contributed by atoms with E-state index in [0.717, 1.165) is 21.4 Å². The van der Waals surface area contributed by atoms with Crippen LogP contribution in [0.4, 0.5) is 0 Å². The van der Waals surface area contributed by atoms with E-state index in [1.54, 1.807) is 6.26 Å². The normalized spacial score (nSPS) is 10.5. The van der Waals surface area contributed by atoms with E-state index in [0.29, 0.717) is 5.02 Å². The lowest BCUT2D eigenvalue weighted by Gasteiger charge is -1.98. The second-order valence-electron chi connectivity index (χ2n) is 3.07. The zero-order valence-corrected chi connectivity index (χ0v) is 9.89. The van der Waals surface area contributed by atoms with Crippen LogP contribution in [0.3, 0.4) is 0 Å². The maximum absolute atomic E-state index is 6.09. The Balaban J connectivity index is 2.55. The number of halogens is 2. The summed E-state index contributed by atoms with van der Waals surface area (Å²) in [6, 6.07) is 7.86. The maximum atomic E-state index is 6.09. The highest BCUT2D eigenvalue weighted by atomic mass is 79.9. The smallest absolute Gasteiger partial charge is 0.152 e. The van der Waals surface area contributed by atoms with Crippen LogP contribution in [0.1, 0.15) is 5.56 Å². The average Bonchev–Trinajstić information content (AvgIpc) is 2.48. The molecule has 1 aromatic heterocycles. The first-order valence-corrected chi connectivity index (χ1v) is 5.35. The lowest BCUT2D eigenvalue weighted by molar-refractivity contribution is 0.580. The van der Waals surface area contributed by atoms with Crippen molar-refractivity contribution >= 4 is 27.5 Å².